The van der Waals surface area contributed by atoms with Gasteiger partial charge in [0.05, 0.1) is 0 Å². The van der Waals surface area contributed by atoms with E-state index >= 15 is 0 Å². The van der Waals surface area contributed by atoms with Gasteiger partial charge in [0.1, 0.15) is 11.8 Å². The first-order valence-corrected chi connectivity index (χ1v) is 11.1. The number of likely N-dealkylation sites (tertiary alicyclic amines) is 1. The molecule has 40 heavy (non-hydrogen) atoms. The van der Waals surface area contributed by atoms with E-state index in [0.29, 0.717) is 31.7 Å². The van der Waals surface area contributed by atoms with Crippen molar-refractivity contribution in [1.82, 2.24) is 14.8 Å². The Kier molecular flexibility index (Phi) is 12.1. The van der Waals surface area contributed by atoms with E-state index in [2.05, 4.69) is 9.88 Å². The minimum Gasteiger partial charge on any atom is -0.480 e. The third-order valence-corrected chi connectivity index (χ3v) is 5.33. The molecule has 0 bridgehead atoms. The zero-order valence-corrected chi connectivity index (χ0v) is 20.9. The molecule has 0 radical (unpaired) electrons. The number of aromatic nitrogens is 1. The summed E-state index contributed by atoms with van der Waals surface area (Å²) in [5, 5.41) is 23.9. The largest absolute Gasteiger partial charge is 0.490 e. The summed E-state index contributed by atoms with van der Waals surface area (Å²) in [6.45, 7) is 2.83. The predicted octanol–water partition coefficient (Wildman–Crippen LogP) is 3.44. The summed E-state index contributed by atoms with van der Waals surface area (Å²) >= 11 is 0. The molecule has 1 aliphatic rings. The van der Waals surface area contributed by atoms with E-state index in [-0.39, 0.29) is 17.7 Å². The van der Waals surface area contributed by atoms with Crippen LogP contribution in [-0.2, 0) is 20.9 Å². The molecule has 2 unspecified atom stereocenters. The number of pyridine rings is 1. The van der Waals surface area contributed by atoms with Crippen molar-refractivity contribution in [3.8, 4) is 0 Å². The minimum absolute atomic E-state index is 0.0821. The molecule has 17 heteroatoms. The third kappa shape index (κ3) is 10.9. The van der Waals surface area contributed by atoms with Crippen molar-refractivity contribution >= 4 is 23.8 Å². The minimum atomic E-state index is -5.08. The summed E-state index contributed by atoms with van der Waals surface area (Å²) in [4.78, 5) is 49.9. The highest BCUT2D eigenvalue weighted by Gasteiger charge is 2.40. The molecule has 1 fully saturated rings. The molecular weight excluding hydrogens is 560 g/mol. The number of piperidine rings is 1. The molecule has 3 rings (SSSR count). The van der Waals surface area contributed by atoms with Gasteiger partial charge in [-0.3, -0.25) is 14.7 Å². The fourth-order valence-electron chi connectivity index (χ4n) is 3.42. The van der Waals surface area contributed by atoms with E-state index in [4.69, 9.17) is 24.2 Å². The van der Waals surface area contributed by atoms with Crippen LogP contribution < -0.4 is 0 Å². The predicted molar refractivity (Wildman–Crippen MR) is 122 cm³/mol. The topological polar surface area (TPSA) is 161 Å². The van der Waals surface area contributed by atoms with Crippen LogP contribution >= 0.6 is 0 Å². The van der Waals surface area contributed by atoms with Crippen molar-refractivity contribution < 1.29 is 65.3 Å². The number of carboxylic acid groups (broad SMARTS) is 3. The standard InChI is InChI=1S/C19H23N3O4.2C2HF3O2/c1-13-5-6-17(26-13)18(23)22-9-7-15(10-16(22)19(24)25)21(2)12-14-4-3-8-20-11-14;2*3-2(4,5)1(6)7/h3-6,8,11,15-16H,7,9-10,12H2,1-2H3,(H,24,25);2*(H,6,7). The molecule has 3 heterocycles. The average molecular weight is 585 g/mol. The Labute approximate surface area is 222 Å². The fourth-order valence-corrected chi connectivity index (χ4v) is 3.42. The van der Waals surface area contributed by atoms with Crippen LogP contribution in [0.25, 0.3) is 0 Å². The average Bonchev–Trinajstić information content (AvgIpc) is 3.29. The first-order chi connectivity index (χ1) is 18.3. The third-order valence-electron chi connectivity index (χ3n) is 5.33. The molecule has 0 saturated carbocycles. The Hall–Kier alpha value is -4.15. The van der Waals surface area contributed by atoms with E-state index in [1.165, 1.54) is 4.90 Å². The Morgan fingerprint density at radius 3 is 1.98 bits per heavy atom. The summed E-state index contributed by atoms with van der Waals surface area (Å²) in [5.74, 6) is -6.04. The van der Waals surface area contributed by atoms with Gasteiger partial charge < -0.3 is 24.6 Å². The van der Waals surface area contributed by atoms with Crippen molar-refractivity contribution in [2.45, 2.75) is 50.7 Å². The number of furan rings is 1. The van der Waals surface area contributed by atoms with Crippen LogP contribution in [0.15, 0.2) is 41.1 Å². The maximum absolute atomic E-state index is 12.6. The van der Waals surface area contributed by atoms with Crippen LogP contribution in [0.2, 0.25) is 0 Å². The number of carbonyl (C=O) groups excluding carboxylic acids is 1. The molecule has 0 spiro atoms. The van der Waals surface area contributed by atoms with E-state index in [1.54, 1.807) is 25.3 Å². The summed E-state index contributed by atoms with van der Waals surface area (Å²) < 4.78 is 68.9. The van der Waals surface area contributed by atoms with Gasteiger partial charge in [0, 0.05) is 31.5 Å². The molecular formula is C23H25F6N3O8. The summed E-state index contributed by atoms with van der Waals surface area (Å²) in [6.07, 6.45) is -5.53. The smallest absolute Gasteiger partial charge is 0.480 e. The monoisotopic (exact) mass is 585 g/mol. The highest BCUT2D eigenvalue weighted by molar-refractivity contribution is 5.94. The SMILES string of the molecule is Cc1ccc(C(=O)N2CCC(N(C)Cc3cccnc3)CC2C(=O)O)o1.O=C(O)C(F)(F)F.O=C(O)C(F)(F)F. The van der Waals surface area contributed by atoms with E-state index < -0.39 is 36.3 Å². The van der Waals surface area contributed by atoms with Crippen molar-refractivity contribution in [2.75, 3.05) is 13.6 Å². The first kappa shape index (κ1) is 33.9. The number of amides is 1. The van der Waals surface area contributed by atoms with Crippen molar-refractivity contribution in [3.63, 3.8) is 0 Å². The van der Waals surface area contributed by atoms with Gasteiger partial charge in [-0.2, -0.15) is 26.3 Å². The number of aliphatic carboxylic acids is 3. The Morgan fingerprint density at radius 1 is 1.02 bits per heavy atom. The van der Waals surface area contributed by atoms with Gasteiger partial charge in [-0.1, -0.05) is 6.07 Å². The van der Waals surface area contributed by atoms with E-state index in [1.807, 2.05) is 25.4 Å². The number of halogens is 6. The second-order valence-electron chi connectivity index (χ2n) is 8.32. The normalized spacial score (nSPS) is 17.2. The zero-order valence-electron chi connectivity index (χ0n) is 20.9. The molecule has 2 aromatic heterocycles. The van der Waals surface area contributed by atoms with Crippen LogP contribution in [-0.4, -0.2) is 91.9 Å². The summed E-state index contributed by atoms with van der Waals surface area (Å²) in [6, 6.07) is 6.40. The lowest BCUT2D eigenvalue weighted by atomic mass is 9.95. The molecule has 0 aromatic carbocycles. The van der Waals surface area contributed by atoms with E-state index in [9.17, 15) is 41.0 Å². The number of aryl methyl sites for hydroxylation is 1. The Bertz CT molecular complexity index is 1130. The van der Waals surface area contributed by atoms with Gasteiger partial charge in [0.25, 0.3) is 5.91 Å². The maximum Gasteiger partial charge on any atom is 0.490 e. The zero-order chi connectivity index (χ0) is 30.8. The van der Waals surface area contributed by atoms with Gasteiger partial charge in [-0.05, 0) is 50.6 Å². The quantitative estimate of drug-likeness (QED) is 0.444. The van der Waals surface area contributed by atoms with Crippen LogP contribution in [0, 0.1) is 6.92 Å². The molecule has 1 amide bonds. The maximum atomic E-state index is 12.6. The summed E-state index contributed by atoms with van der Waals surface area (Å²) in [7, 11) is 1.98. The van der Waals surface area contributed by atoms with Crippen LogP contribution in [0.4, 0.5) is 26.3 Å². The van der Waals surface area contributed by atoms with Gasteiger partial charge in [0.15, 0.2) is 5.76 Å². The molecule has 1 saturated heterocycles. The molecule has 0 aliphatic carbocycles. The second kappa shape index (κ2) is 14.3. The van der Waals surface area contributed by atoms with E-state index in [0.717, 1.165) is 5.56 Å². The number of hydrogen-bond donors (Lipinski definition) is 3. The second-order valence-corrected chi connectivity index (χ2v) is 8.32. The lowest BCUT2D eigenvalue weighted by Crippen LogP contribution is -2.54. The van der Waals surface area contributed by atoms with Crippen LogP contribution in [0.1, 0.15) is 34.7 Å². The van der Waals surface area contributed by atoms with Crippen molar-refractivity contribution in [2.24, 2.45) is 0 Å². The lowest BCUT2D eigenvalue weighted by molar-refractivity contribution is -0.193. The number of rotatable bonds is 5. The van der Waals surface area contributed by atoms with Gasteiger partial charge in [-0.25, -0.2) is 14.4 Å². The first-order valence-electron chi connectivity index (χ1n) is 11.1. The van der Waals surface area contributed by atoms with Crippen LogP contribution in [0.3, 0.4) is 0 Å². The highest BCUT2D eigenvalue weighted by Crippen LogP contribution is 2.25. The van der Waals surface area contributed by atoms with Gasteiger partial charge >= 0.3 is 30.3 Å². The summed E-state index contributed by atoms with van der Waals surface area (Å²) in [5.41, 5.74) is 1.08. The number of nitrogens with zero attached hydrogens (tertiary/aromatic N) is 3. The molecule has 3 N–H and O–H groups in total. The lowest BCUT2D eigenvalue weighted by Gasteiger charge is -2.40. The molecule has 11 nitrogen and oxygen atoms in total. The van der Waals surface area contributed by atoms with Crippen molar-refractivity contribution in [1.29, 1.82) is 0 Å². The number of carboxylic acids is 3. The molecule has 2 atom stereocenters. The van der Waals surface area contributed by atoms with Gasteiger partial charge in [0.2, 0.25) is 0 Å². The number of carbonyl (C=O) groups is 4. The van der Waals surface area contributed by atoms with Crippen molar-refractivity contribution in [3.05, 3.63) is 53.7 Å². The highest BCUT2D eigenvalue weighted by atomic mass is 19.4. The Balaban J connectivity index is 0.000000473. The molecule has 2 aromatic rings. The fraction of sp³-hybridized carbons (Fsp3) is 0.435. The Morgan fingerprint density at radius 2 is 1.57 bits per heavy atom. The molecule has 222 valence electrons. The van der Waals surface area contributed by atoms with Crippen LogP contribution in [0.5, 0.6) is 0 Å². The molecule has 1 aliphatic heterocycles. The number of hydrogen-bond acceptors (Lipinski definition) is 7. The van der Waals surface area contributed by atoms with Gasteiger partial charge in [-0.15, -0.1) is 0 Å². The number of alkyl halides is 6.